The molecular weight excluding hydrogens is 229 g/mol. The van der Waals surface area contributed by atoms with Crippen LogP contribution >= 0.6 is 0 Å². The van der Waals surface area contributed by atoms with Gasteiger partial charge >= 0.3 is 0 Å². The summed E-state index contributed by atoms with van der Waals surface area (Å²) in [7, 11) is 0. The van der Waals surface area contributed by atoms with Crippen LogP contribution in [0.1, 0.15) is 33.3 Å². The number of halogens is 1. The molecule has 0 fully saturated rings. The van der Waals surface area contributed by atoms with Crippen LogP contribution in [0.25, 0.3) is 0 Å². The molecule has 1 N–H and O–H groups in total. The van der Waals surface area contributed by atoms with E-state index in [1.54, 1.807) is 0 Å². The summed E-state index contributed by atoms with van der Waals surface area (Å²) in [5.41, 5.74) is 0.663. The van der Waals surface area contributed by atoms with Gasteiger partial charge in [-0.15, -0.1) is 0 Å². The summed E-state index contributed by atoms with van der Waals surface area (Å²) in [5.74, 6) is 0.990. The van der Waals surface area contributed by atoms with Gasteiger partial charge in [-0.1, -0.05) is 27.7 Å². The van der Waals surface area contributed by atoms with E-state index < -0.39 is 0 Å². The first-order valence-electron chi connectivity index (χ1n) is 6.58. The van der Waals surface area contributed by atoms with Crippen molar-refractivity contribution in [2.24, 2.45) is 11.8 Å². The third-order valence-corrected chi connectivity index (χ3v) is 2.68. The zero-order chi connectivity index (χ0) is 13.7. The second kappa shape index (κ2) is 6.74. The van der Waals surface area contributed by atoms with Gasteiger partial charge in [0.1, 0.15) is 11.6 Å². The van der Waals surface area contributed by atoms with Crippen LogP contribution in [0.5, 0.6) is 5.75 Å². The van der Waals surface area contributed by atoms with E-state index in [9.17, 15) is 9.50 Å². The van der Waals surface area contributed by atoms with Crippen LogP contribution in [0, 0.1) is 17.7 Å². The minimum Gasteiger partial charge on any atom is -0.508 e. The number of hydrogen-bond donors (Lipinski definition) is 1. The number of phenolic OH excluding ortho intramolecular Hbond substituents is 1. The highest BCUT2D eigenvalue weighted by Gasteiger charge is 2.12. The van der Waals surface area contributed by atoms with Gasteiger partial charge in [-0.05, 0) is 30.0 Å². The van der Waals surface area contributed by atoms with Gasteiger partial charge in [-0.2, -0.15) is 0 Å². The van der Waals surface area contributed by atoms with Crippen LogP contribution in [0.2, 0.25) is 0 Å². The molecule has 3 heteroatoms. The molecule has 1 aromatic carbocycles. The molecule has 0 heterocycles. The zero-order valence-electron chi connectivity index (χ0n) is 11.8. The molecule has 0 aliphatic heterocycles. The minimum atomic E-state index is -0.295. The fourth-order valence-electron chi connectivity index (χ4n) is 2.16. The van der Waals surface area contributed by atoms with Crippen LogP contribution in [0.4, 0.5) is 4.39 Å². The molecule has 0 amide bonds. The molecule has 2 nitrogen and oxygen atoms in total. The standard InChI is InChI=1S/C15H24FNO/c1-11(2)8-17(9-12(3)4)10-13-7-14(16)5-6-15(13)18/h5-7,11-12,18H,8-10H2,1-4H3. The van der Waals surface area contributed by atoms with Crippen molar-refractivity contribution in [1.82, 2.24) is 4.90 Å². The summed E-state index contributed by atoms with van der Waals surface area (Å²) in [6.07, 6.45) is 0. The average Bonchev–Trinajstić information content (AvgIpc) is 2.21. The maximum Gasteiger partial charge on any atom is 0.123 e. The van der Waals surface area contributed by atoms with E-state index in [2.05, 4.69) is 32.6 Å². The highest BCUT2D eigenvalue weighted by Crippen LogP contribution is 2.20. The predicted octanol–water partition coefficient (Wildman–Crippen LogP) is 3.65. The molecule has 0 radical (unpaired) electrons. The van der Waals surface area contributed by atoms with Crippen LogP contribution in [-0.4, -0.2) is 23.1 Å². The first-order chi connectivity index (χ1) is 8.38. The number of aromatic hydroxyl groups is 1. The Morgan fingerprint density at radius 2 is 1.67 bits per heavy atom. The van der Waals surface area contributed by atoms with Crippen LogP contribution in [-0.2, 0) is 6.54 Å². The first kappa shape index (κ1) is 15.0. The molecule has 0 saturated carbocycles. The lowest BCUT2D eigenvalue weighted by Gasteiger charge is -2.26. The summed E-state index contributed by atoms with van der Waals surface area (Å²) < 4.78 is 13.2. The quantitative estimate of drug-likeness (QED) is 0.836. The maximum atomic E-state index is 13.2. The van der Waals surface area contributed by atoms with Gasteiger partial charge in [0.05, 0.1) is 0 Å². The topological polar surface area (TPSA) is 23.5 Å². The maximum absolute atomic E-state index is 13.2. The molecule has 0 spiro atoms. The molecule has 0 atom stereocenters. The van der Waals surface area contributed by atoms with Gasteiger partial charge in [0.25, 0.3) is 0 Å². The third-order valence-electron chi connectivity index (χ3n) is 2.68. The first-order valence-corrected chi connectivity index (χ1v) is 6.58. The second-order valence-corrected chi connectivity index (χ2v) is 5.75. The van der Waals surface area contributed by atoms with Crippen molar-refractivity contribution in [3.63, 3.8) is 0 Å². The van der Waals surface area contributed by atoms with E-state index in [4.69, 9.17) is 0 Å². The Labute approximate surface area is 109 Å². The Balaban J connectivity index is 2.77. The van der Waals surface area contributed by atoms with Gasteiger partial charge < -0.3 is 5.11 Å². The van der Waals surface area contributed by atoms with E-state index in [1.165, 1.54) is 18.2 Å². The average molecular weight is 253 g/mol. The van der Waals surface area contributed by atoms with E-state index >= 15 is 0 Å². The van der Waals surface area contributed by atoms with Gasteiger partial charge in [0.15, 0.2) is 0 Å². The van der Waals surface area contributed by atoms with Crippen molar-refractivity contribution in [3.8, 4) is 5.75 Å². The van der Waals surface area contributed by atoms with Gasteiger partial charge in [-0.3, -0.25) is 4.90 Å². The molecule has 0 saturated heterocycles. The van der Waals surface area contributed by atoms with Crippen molar-refractivity contribution < 1.29 is 9.50 Å². The Morgan fingerprint density at radius 3 is 2.17 bits per heavy atom. The Morgan fingerprint density at radius 1 is 1.11 bits per heavy atom. The summed E-state index contributed by atoms with van der Waals surface area (Å²) in [6.45, 7) is 11.2. The normalized spacial score (nSPS) is 11.8. The Hall–Kier alpha value is -1.09. The van der Waals surface area contributed by atoms with Gasteiger partial charge in [0.2, 0.25) is 0 Å². The second-order valence-electron chi connectivity index (χ2n) is 5.75. The molecule has 102 valence electrons. The fourth-order valence-corrected chi connectivity index (χ4v) is 2.16. The molecule has 0 aliphatic rings. The Bertz CT molecular complexity index is 367. The van der Waals surface area contributed by atoms with E-state index in [0.717, 1.165) is 13.1 Å². The minimum absolute atomic E-state index is 0.175. The number of phenols is 1. The molecule has 0 aromatic heterocycles. The molecule has 0 aliphatic carbocycles. The predicted molar refractivity (Wildman–Crippen MR) is 73.0 cm³/mol. The van der Waals surface area contributed by atoms with Crippen LogP contribution in [0.15, 0.2) is 18.2 Å². The summed E-state index contributed by atoms with van der Waals surface area (Å²) in [5, 5.41) is 9.76. The molecule has 0 unspecified atom stereocenters. The third kappa shape index (κ3) is 5.05. The van der Waals surface area contributed by atoms with Crippen LogP contribution in [0.3, 0.4) is 0 Å². The lowest BCUT2D eigenvalue weighted by Crippen LogP contribution is -2.31. The molecular formula is C15H24FNO. The molecule has 18 heavy (non-hydrogen) atoms. The van der Waals surface area contributed by atoms with Gasteiger partial charge in [-0.25, -0.2) is 4.39 Å². The van der Waals surface area contributed by atoms with E-state index in [0.29, 0.717) is 23.9 Å². The molecule has 1 aromatic rings. The number of rotatable bonds is 6. The zero-order valence-corrected chi connectivity index (χ0v) is 11.8. The SMILES string of the molecule is CC(C)CN(Cc1cc(F)ccc1O)CC(C)C. The fraction of sp³-hybridized carbons (Fsp3) is 0.600. The van der Waals surface area contributed by atoms with E-state index in [-0.39, 0.29) is 11.6 Å². The van der Waals surface area contributed by atoms with Crippen molar-refractivity contribution in [1.29, 1.82) is 0 Å². The van der Waals surface area contributed by atoms with Gasteiger partial charge in [0, 0.05) is 25.2 Å². The summed E-state index contributed by atoms with van der Waals surface area (Å²) in [6, 6.07) is 4.13. The highest BCUT2D eigenvalue weighted by molar-refractivity contribution is 5.32. The number of hydrogen-bond acceptors (Lipinski definition) is 2. The smallest absolute Gasteiger partial charge is 0.123 e. The van der Waals surface area contributed by atoms with Crippen molar-refractivity contribution >= 4 is 0 Å². The van der Waals surface area contributed by atoms with Crippen molar-refractivity contribution in [3.05, 3.63) is 29.6 Å². The van der Waals surface area contributed by atoms with Crippen LogP contribution < -0.4 is 0 Å². The largest absolute Gasteiger partial charge is 0.508 e. The number of nitrogens with zero attached hydrogens (tertiary/aromatic N) is 1. The molecule has 0 bridgehead atoms. The Kier molecular flexibility index (Phi) is 5.60. The summed E-state index contributed by atoms with van der Waals surface area (Å²) in [4.78, 5) is 2.27. The lowest BCUT2D eigenvalue weighted by atomic mass is 10.1. The molecule has 1 rings (SSSR count). The van der Waals surface area contributed by atoms with Crippen molar-refractivity contribution in [2.45, 2.75) is 34.2 Å². The highest BCUT2D eigenvalue weighted by atomic mass is 19.1. The van der Waals surface area contributed by atoms with Crippen molar-refractivity contribution in [2.75, 3.05) is 13.1 Å². The number of benzene rings is 1. The van der Waals surface area contributed by atoms with E-state index in [1.807, 2.05) is 0 Å². The lowest BCUT2D eigenvalue weighted by molar-refractivity contribution is 0.209. The summed E-state index contributed by atoms with van der Waals surface area (Å²) >= 11 is 0. The monoisotopic (exact) mass is 253 g/mol.